The van der Waals surface area contributed by atoms with Gasteiger partial charge in [-0.3, -0.25) is 0 Å². The topological polar surface area (TPSA) is 61.8 Å². The van der Waals surface area contributed by atoms with Crippen LogP contribution in [0.4, 0.5) is 9.18 Å². The first-order valence-electron chi connectivity index (χ1n) is 7.25. The van der Waals surface area contributed by atoms with Gasteiger partial charge in [-0.15, -0.1) is 0 Å². The van der Waals surface area contributed by atoms with Gasteiger partial charge < -0.3 is 20.1 Å². The van der Waals surface area contributed by atoms with Crippen molar-refractivity contribution in [2.75, 3.05) is 32.8 Å². The van der Waals surface area contributed by atoms with Crippen molar-refractivity contribution in [1.29, 1.82) is 0 Å². The lowest BCUT2D eigenvalue weighted by Gasteiger charge is -2.31. The van der Waals surface area contributed by atoms with Gasteiger partial charge in [0.25, 0.3) is 0 Å². The van der Waals surface area contributed by atoms with Gasteiger partial charge in [0.15, 0.2) is 0 Å². The number of rotatable bonds is 1. The maximum absolute atomic E-state index is 13.0. The molecule has 2 saturated heterocycles. The van der Waals surface area contributed by atoms with Crippen LogP contribution in [0.3, 0.4) is 0 Å². The second-order valence-corrected chi connectivity index (χ2v) is 6.37. The molecule has 6 heteroatoms. The lowest BCUT2D eigenvalue weighted by atomic mass is 10.1. The zero-order chi connectivity index (χ0) is 15.2. The highest BCUT2D eigenvalue weighted by molar-refractivity contribution is 5.68. The van der Waals surface area contributed by atoms with Crippen LogP contribution in [0.25, 0.3) is 0 Å². The molecule has 1 amide bonds. The number of likely N-dealkylation sites (tertiary alicyclic amines) is 1. The Morgan fingerprint density at radius 1 is 1.45 bits per heavy atom. The molecule has 0 bridgehead atoms. The summed E-state index contributed by atoms with van der Waals surface area (Å²) in [4.78, 5) is 12.9. The standard InChI is InChI=1S/C10H18FNO2.C4H9NO/c1-10(2,3)14-9(13)12-6-4-5-8(11)7-12;6-3-4-1-5-2-4/h8H,4-7H2,1-3H3;4-6H,1-3H2. The van der Waals surface area contributed by atoms with Crippen LogP contribution in [0.15, 0.2) is 0 Å². The lowest BCUT2D eigenvalue weighted by Crippen LogP contribution is -2.43. The molecule has 2 aliphatic heterocycles. The molecular weight excluding hydrogens is 263 g/mol. The van der Waals surface area contributed by atoms with Gasteiger partial charge in [0.05, 0.1) is 6.54 Å². The van der Waals surface area contributed by atoms with Gasteiger partial charge in [-0.05, 0) is 33.6 Å². The molecule has 0 aromatic heterocycles. The fourth-order valence-electron chi connectivity index (χ4n) is 1.90. The number of hydrogen-bond acceptors (Lipinski definition) is 4. The van der Waals surface area contributed by atoms with Crippen molar-refractivity contribution in [2.24, 2.45) is 5.92 Å². The molecule has 0 aliphatic carbocycles. The molecule has 2 heterocycles. The summed E-state index contributed by atoms with van der Waals surface area (Å²) in [5.41, 5.74) is -0.500. The van der Waals surface area contributed by atoms with E-state index >= 15 is 0 Å². The average Bonchev–Trinajstić information content (AvgIpc) is 2.26. The Morgan fingerprint density at radius 2 is 2.10 bits per heavy atom. The van der Waals surface area contributed by atoms with Gasteiger partial charge in [0.2, 0.25) is 0 Å². The first kappa shape index (κ1) is 17.2. The molecule has 1 unspecified atom stereocenters. The fraction of sp³-hybridized carbons (Fsp3) is 0.929. The smallest absolute Gasteiger partial charge is 0.410 e. The number of nitrogens with zero attached hydrogens (tertiary/aromatic N) is 1. The summed E-state index contributed by atoms with van der Waals surface area (Å²) in [5.74, 6) is 0.560. The first-order valence-corrected chi connectivity index (χ1v) is 7.25. The Labute approximate surface area is 120 Å². The van der Waals surface area contributed by atoms with E-state index in [9.17, 15) is 9.18 Å². The van der Waals surface area contributed by atoms with Crippen LogP contribution < -0.4 is 5.32 Å². The normalized spacial score (nSPS) is 23.4. The number of carbonyl (C=O) groups excluding carboxylic acids is 1. The van der Waals surface area contributed by atoms with Gasteiger partial charge in [-0.2, -0.15) is 0 Å². The highest BCUT2D eigenvalue weighted by Gasteiger charge is 2.27. The van der Waals surface area contributed by atoms with E-state index in [0.29, 0.717) is 25.5 Å². The number of aliphatic hydroxyl groups excluding tert-OH is 1. The molecule has 2 rings (SSSR count). The van der Waals surface area contributed by atoms with Crippen molar-refractivity contribution in [1.82, 2.24) is 10.2 Å². The number of hydrogen-bond donors (Lipinski definition) is 2. The van der Waals surface area contributed by atoms with Crippen molar-refractivity contribution >= 4 is 6.09 Å². The number of aliphatic hydroxyl groups is 1. The van der Waals surface area contributed by atoms with Gasteiger partial charge in [0.1, 0.15) is 11.8 Å². The van der Waals surface area contributed by atoms with E-state index in [-0.39, 0.29) is 6.54 Å². The quantitative estimate of drug-likeness (QED) is 0.769. The summed E-state index contributed by atoms with van der Waals surface area (Å²) in [6, 6.07) is 0. The van der Waals surface area contributed by atoms with Crippen LogP contribution >= 0.6 is 0 Å². The van der Waals surface area contributed by atoms with E-state index in [0.717, 1.165) is 19.5 Å². The minimum absolute atomic E-state index is 0.176. The Morgan fingerprint density at radius 3 is 2.45 bits per heavy atom. The summed E-state index contributed by atoms with van der Waals surface area (Å²) in [6.07, 6.45) is -0.0178. The van der Waals surface area contributed by atoms with Crippen molar-refractivity contribution in [2.45, 2.75) is 45.4 Å². The molecule has 2 N–H and O–H groups in total. The fourth-order valence-corrected chi connectivity index (χ4v) is 1.90. The largest absolute Gasteiger partial charge is 0.444 e. The highest BCUT2D eigenvalue weighted by atomic mass is 19.1. The second kappa shape index (κ2) is 7.78. The summed E-state index contributed by atoms with van der Waals surface area (Å²) < 4.78 is 18.1. The Kier molecular flexibility index (Phi) is 6.68. The summed E-state index contributed by atoms with van der Waals surface area (Å²) in [6.45, 7) is 8.58. The van der Waals surface area contributed by atoms with E-state index in [1.165, 1.54) is 4.90 Å². The molecule has 20 heavy (non-hydrogen) atoms. The number of ether oxygens (including phenoxy) is 1. The van der Waals surface area contributed by atoms with E-state index in [4.69, 9.17) is 9.84 Å². The number of nitrogens with one attached hydrogen (secondary N) is 1. The molecular formula is C14H27FN2O3. The highest BCUT2D eigenvalue weighted by Crippen LogP contribution is 2.16. The van der Waals surface area contributed by atoms with E-state index in [2.05, 4.69) is 5.32 Å². The maximum atomic E-state index is 13.0. The Hall–Kier alpha value is -0.880. The third-order valence-electron chi connectivity index (χ3n) is 3.14. The Balaban J connectivity index is 0.000000276. The van der Waals surface area contributed by atoms with Crippen LogP contribution in [0.1, 0.15) is 33.6 Å². The zero-order valence-electron chi connectivity index (χ0n) is 12.7. The summed E-state index contributed by atoms with van der Waals surface area (Å²) in [5, 5.41) is 11.4. The Bertz CT molecular complexity index is 301. The average molecular weight is 290 g/mol. The predicted molar refractivity (Wildman–Crippen MR) is 75.4 cm³/mol. The molecule has 2 aliphatic rings. The molecule has 0 spiro atoms. The number of halogens is 1. The van der Waals surface area contributed by atoms with Crippen molar-refractivity contribution in [3.8, 4) is 0 Å². The first-order chi connectivity index (χ1) is 9.31. The van der Waals surface area contributed by atoms with Crippen LogP contribution in [-0.4, -0.2) is 60.7 Å². The molecule has 118 valence electrons. The monoisotopic (exact) mass is 290 g/mol. The third-order valence-corrected chi connectivity index (χ3v) is 3.14. The van der Waals surface area contributed by atoms with Crippen molar-refractivity contribution in [3.63, 3.8) is 0 Å². The van der Waals surface area contributed by atoms with Crippen LogP contribution in [0.5, 0.6) is 0 Å². The number of carbonyl (C=O) groups is 1. The van der Waals surface area contributed by atoms with Crippen LogP contribution in [-0.2, 0) is 4.74 Å². The van der Waals surface area contributed by atoms with E-state index in [1.807, 2.05) is 20.8 Å². The molecule has 5 nitrogen and oxygen atoms in total. The maximum Gasteiger partial charge on any atom is 0.410 e. The minimum atomic E-state index is -0.892. The summed E-state index contributed by atoms with van der Waals surface area (Å²) >= 11 is 0. The number of piperidine rings is 1. The van der Waals surface area contributed by atoms with Gasteiger partial charge in [0, 0.05) is 32.2 Å². The molecule has 0 radical (unpaired) electrons. The van der Waals surface area contributed by atoms with E-state index < -0.39 is 17.9 Å². The molecule has 0 aromatic carbocycles. The van der Waals surface area contributed by atoms with Gasteiger partial charge in [-0.1, -0.05) is 0 Å². The zero-order valence-corrected chi connectivity index (χ0v) is 12.7. The molecule has 1 atom stereocenters. The van der Waals surface area contributed by atoms with Crippen LogP contribution in [0.2, 0.25) is 0 Å². The minimum Gasteiger partial charge on any atom is -0.444 e. The predicted octanol–water partition coefficient (Wildman–Crippen LogP) is 1.55. The molecule has 2 fully saturated rings. The third kappa shape index (κ3) is 6.52. The molecule has 0 aromatic rings. The number of alkyl halides is 1. The second-order valence-electron chi connectivity index (χ2n) is 6.37. The van der Waals surface area contributed by atoms with Crippen molar-refractivity contribution < 1.29 is 19.0 Å². The molecule has 0 saturated carbocycles. The number of amides is 1. The van der Waals surface area contributed by atoms with E-state index in [1.54, 1.807) is 0 Å². The van der Waals surface area contributed by atoms with Crippen LogP contribution in [0, 0.1) is 5.92 Å². The summed E-state index contributed by atoms with van der Waals surface area (Å²) in [7, 11) is 0. The SMILES string of the molecule is CC(C)(C)OC(=O)N1CCCC(F)C1.OCC1CNC1. The van der Waals surface area contributed by atoms with Gasteiger partial charge in [-0.25, -0.2) is 9.18 Å². The lowest BCUT2D eigenvalue weighted by molar-refractivity contribution is 0.0139. The van der Waals surface area contributed by atoms with Crippen molar-refractivity contribution in [3.05, 3.63) is 0 Å². The van der Waals surface area contributed by atoms with Gasteiger partial charge >= 0.3 is 6.09 Å².